The molecule has 0 aliphatic heterocycles. The molecule has 2 N–H and O–H groups in total. The van der Waals surface area contributed by atoms with Crippen molar-refractivity contribution in [2.75, 3.05) is 5.32 Å². The first-order valence-electron chi connectivity index (χ1n) is 10.5. The van der Waals surface area contributed by atoms with Gasteiger partial charge < -0.3 is 19.7 Å². The normalized spacial score (nSPS) is 11.5. The second-order valence-corrected chi connectivity index (χ2v) is 9.03. The first kappa shape index (κ1) is 22.6. The highest BCUT2D eigenvalue weighted by atomic mass is 35.5. The number of imidazole rings is 1. The molecule has 0 bridgehead atoms. The minimum Gasteiger partial charge on any atom is -0.481 e. The lowest BCUT2D eigenvalue weighted by atomic mass is 9.86. The predicted molar refractivity (Wildman–Crippen MR) is 129 cm³/mol. The van der Waals surface area contributed by atoms with Crippen molar-refractivity contribution in [1.82, 2.24) is 14.5 Å². The number of nitrogens with zero attached hydrogens (tertiary/aromatic N) is 3. The maximum absolute atomic E-state index is 11.5. The summed E-state index contributed by atoms with van der Waals surface area (Å²) >= 11 is 5.85. The van der Waals surface area contributed by atoms with E-state index in [-0.39, 0.29) is 0 Å². The summed E-state index contributed by atoms with van der Waals surface area (Å²) in [5, 5.41) is 13.3. The maximum Gasteiger partial charge on any atom is 0.309 e. The Labute approximate surface area is 197 Å². The summed E-state index contributed by atoms with van der Waals surface area (Å²) in [4.78, 5) is 20.3. The van der Waals surface area contributed by atoms with E-state index in [4.69, 9.17) is 16.3 Å². The lowest BCUT2D eigenvalue weighted by molar-refractivity contribution is -0.146. The minimum absolute atomic E-state index is 0.451. The standard InChI is InChI=1S/C25H25ClN4O3/c1-25(2,23(31)32)13-17-6-10-20-21(12-17)30(3)24(29-20)28-14-16-4-8-19(9-5-16)33-22-11-7-18(26)15-27-22/h4-12,15H,13-14H2,1-3H3,(H,28,29)(H,31,32). The fourth-order valence-electron chi connectivity index (χ4n) is 3.49. The molecular weight excluding hydrogens is 440 g/mol. The highest BCUT2D eigenvalue weighted by Gasteiger charge is 2.27. The zero-order valence-corrected chi connectivity index (χ0v) is 19.4. The van der Waals surface area contributed by atoms with Crippen molar-refractivity contribution in [3.8, 4) is 11.6 Å². The average Bonchev–Trinajstić information content (AvgIpc) is 3.09. The molecule has 2 heterocycles. The molecule has 0 radical (unpaired) electrons. The minimum atomic E-state index is -0.827. The molecule has 33 heavy (non-hydrogen) atoms. The Bertz CT molecular complexity index is 1280. The lowest BCUT2D eigenvalue weighted by Gasteiger charge is -2.18. The van der Waals surface area contributed by atoms with E-state index in [9.17, 15) is 9.90 Å². The number of halogens is 1. The second kappa shape index (κ2) is 9.11. The van der Waals surface area contributed by atoms with E-state index in [1.165, 1.54) is 0 Å². The number of aryl methyl sites for hydroxylation is 1. The van der Waals surface area contributed by atoms with E-state index in [1.54, 1.807) is 32.2 Å². The van der Waals surface area contributed by atoms with Crippen LogP contribution in [0.1, 0.15) is 25.0 Å². The van der Waals surface area contributed by atoms with Crippen molar-refractivity contribution in [2.24, 2.45) is 12.5 Å². The third-order valence-electron chi connectivity index (χ3n) is 5.47. The molecule has 0 unspecified atom stereocenters. The summed E-state index contributed by atoms with van der Waals surface area (Å²) < 4.78 is 7.71. The molecular formula is C25H25ClN4O3. The van der Waals surface area contributed by atoms with Gasteiger partial charge in [-0.1, -0.05) is 29.8 Å². The van der Waals surface area contributed by atoms with Gasteiger partial charge in [0.15, 0.2) is 0 Å². The lowest BCUT2D eigenvalue weighted by Crippen LogP contribution is -2.26. The SMILES string of the molecule is Cn1c(NCc2ccc(Oc3ccc(Cl)cn3)cc2)nc2ccc(CC(C)(C)C(=O)O)cc21. The first-order valence-corrected chi connectivity index (χ1v) is 10.9. The highest BCUT2D eigenvalue weighted by molar-refractivity contribution is 6.30. The van der Waals surface area contributed by atoms with Crippen LogP contribution in [-0.2, 0) is 24.8 Å². The number of pyridine rings is 1. The van der Waals surface area contributed by atoms with Crippen LogP contribution in [0.15, 0.2) is 60.8 Å². The van der Waals surface area contributed by atoms with Gasteiger partial charge in [-0.05, 0) is 61.7 Å². The third kappa shape index (κ3) is 5.26. The van der Waals surface area contributed by atoms with Gasteiger partial charge in [0.2, 0.25) is 11.8 Å². The summed E-state index contributed by atoms with van der Waals surface area (Å²) in [6, 6.07) is 17.1. The van der Waals surface area contributed by atoms with Gasteiger partial charge in [-0.3, -0.25) is 4.79 Å². The molecule has 0 fully saturated rings. The summed E-state index contributed by atoms with van der Waals surface area (Å²) in [6.45, 7) is 4.06. The Kier molecular flexibility index (Phi) is 6.24. The van der Waals surface area contributed by atoms with Gasteiger partial charge in [0.05, 0.1) is 21.5 Å². The number of fused-ring (bicyclic) bond motifs is 1. The predicted octanol–water partition coefficient (Wildman–Crippen LogP) is 5.68. The van der Waals surface area contributed by atoms with Crippen LogP contribution in [0, 0.1) is 5.41 Å². The fraction of sp³-hybridized carbons (Fsp3) is 0.240. The van der Waals surface area contributed by atoms with Crippen LogP contribution in [-0.4, -0.2) is 25.6 Å². The molecule has 7 nitrogen and oxygen atoms in total. The first-order chi connectivity index (χ1) is 15.7. The Morgan fingerprint density at radius 1 is 1.12 bits per heavy atom. The van der Waals surface area contributed by atoms with Crippen molar-refractivity contribution >= 4 is 34.6 Å². The van der Waals surface area contributed by atoms with Gasteiger partial charge in [-0.15, -0.1) is 0 Å². The number of benzene rings is 2. The van der Waals surface area contributed by atoms with Crippen molar-refractivity contribution < 1.29 is 14.6 Å². The highest BCUT2D eigenvalue weighted by Crippen LogP contribution is 2.26. The fourth-order valence-corrected chi connectivity index (χ4v) is 3.60. The molecule has 0 saturated carbocycles. The van der Waals surface area contributed by atoms with Gasteiger partial charge in [-0.25, -0.2) is 9.97 Å². The number of carboxylic acid groups (broad SMARTS) is 1. The largest absolute Gasteiger partial charge is 0.481 e. The number of ether oxygens (including phenoxy) is 1. The summed E-state index contributed by atoms with van der Waals surface area (Å²) in [7, 11) is 1.94. The topological polar surface area (TPSA) is 89.3 Å². The number of aliphatic carboxylic acids is 1. The molecule has 0 aliphatic rings. The van der Waals surface area contributed by atoms with Gasteiger partial charge >= 0.3 is 5.97 Å². The monoisotopic (exact) mass is 464 g/mol. The number of rotatable bonds is 8. The molecule has 4 aromatic rings. The molecule has 0 spiro atoms. The van der Waals surface area contributed by atoms with E-state index in [0.717, 1.165) is 28.1 Å². The van der Waals surface area contributed by atoms with Gasteiger partial charge in [0.1, 0.15) is 5.75 Å². The Morgan fingerprint density at radius 3 is 2.52 bits per heavy atom. The number of aromatic nitrogens is 3. The van der Waals surface area contributed by atoms with Crippen molar-refractivity contribution in [1.29, 1.82) is 0 Å². The number of carboxylic acids is 1. The average molecular weight is 465 g/mol. The number of hydrogen-bond acceptors (Lipinski definition) is 5. The van der Waals surface area contributed by atoms with Crippen molar-refractivity contribution in [2.45, 2.75) is 26.8 Å². The molecule has 0 saturated heterocycles. The van der Waals surface area contributed by atoms with Crippen LogP contribution < -0.4 is 10.1 Å². The van der Waals surface area contributed by atoms with Crippen LogP contribution in [0.25, 0.3) is 11.0 Å². The molecule has 8 heteroatoms. The van der Waals surface area contributed by atoms with E-state index < -0.39 is 11.4 Å². The third-order valence-corrected chi connectivity index (χ3v) is 5.69. The van der Waals surface area contributed by atoms with Gasteiger partial charge in [0, 0.05) is 25.9 Å². The zero-order valence-electron chi connectivity index (χ0n) is 18.7. The zero-order chi connectivity index (χ0) is 23.6. The van der Waals surface area contributed by atoms with Crippen LogP contribution in [0.2, 0.25) is 5.02 Å². The number of carbonyl (C=O) groups is 1. The quantitative estimate of drug-likeness (QED) is 0.348. The van der Waals surface area contributed by atoms with Gasteiger partial charge in [-0.2, -0.15) is 0 Å². The summed E-state index contributed by atoms with van der Waals surface area (Å²) in [6.07, 6.45) is 1.99. The van der Waals surface area contributed by atoms with Crippen LogP contribution >= 0.6 is 11.6 Å². The second-order valence-electron chi connectivity index (χ2n) is 8.60. The molecule has 0 aliphatic carbocycles. The molecule has 0 atom stereocenters. The van der Waals surface area contributed by atoms with E-state index in [1.807, 2.05) is 54.1 Å². The Balaban J connectivity index is 1.43. The molecule has 170 valence electrons. The molecule has 2 aromatic heterocycles. The number of hydrogen-bond donors (Lipinski definition) is 2. The summed E-state index contributed by atoms with van der Waals surface area (Å²) in [5.41, 5.74) is 3.02. The van der Waals surface area contributed by atoms with Crippen LogP contribution in [0.3, 0.4) is 0 Å². The Morgan fingerprint density at radius 2 is 1.85 bits per heavy atom. The van der Waals surface area contributed by atoms with Crippen LogP contribution in [0.5, 0.6) is 11.6 Å². The van der Waals surface area contributed by atoms with Gasteiger partial charge in [0.25, 0.3) is 0 Å². The maximum atomic E-state index is 11.5. The van der Waals surface area contributed by atoms with Crippen LogP contribution in [0.4, 0.5) is 5.95 Å². The number of nitrogens with one attached hydrogen (secondary N) is 1. The van der Waals surface area contributed by atoms with E-state index in [0.29, 0.717) is 29.6 Å². The smallest absolute Gasteiger partial charge is 0.309 e. The van der Waals surface area contributed by atoms with E-state index in [2.05, 4.69) is 15.3 Å². The van der Waals surface area contributed by atoms with Crippen molar-refractivity contribution in [3.05, 3.63) is 76.9 Å². The van der Waals surface area contributed by atoms with E-state index >= 15 is 0 Å². The number of anilines is 1. The summed E-state index contributed by atoms with van der Waals surface area (Å²) in [5.74, 6) is 1.10. The molecule has 2 aromatic carbocycles. The molecule has 0 amide bonds. The Hall–Kier alpha value is -3.58. The molecule has 4 rings (SSSR count). The van der Waals surface area contributed by atoms with Crippen molar-refractivity contribution in [3.63, 3.8) is 0 Å².